The number of ether oxygens (including phenoxy) is 1. The number of aliphatic imine (C=N–C) groups is 1. The van der Waals surface area contributed by atoms with Crippen molar-refractivity contribution in [1.82, 2.24) is 14.8 Å². The molecule has 2 aliphatic rings. The molecule has 1 N–H and O–H groups in total. The predicted octanol–water partition coefficient (Wildman–Crippen LogP) is 3.24. The number of aromatic amines is 1. The molecule has 2 atom stereocenters. The lowest BCUT2D eigenvalue weighted by molar-refractivity contribution is 0.0844. The molecule has 0 bridgehead atoms. The van der Waals surface area contributed by atoms with E-state index in [0.29, 0.717) is 0 Å². The molecule has 13 heteroatoms. The molecule has 0 aliphatic carbocycles. The number of dihydropyridines is 1. The Bertz CT molecular complexity index is 1300. The zero-order valence-corrected chi connectivity index (χ0v) is 17.5. The zero-order valence-electron chi connectivity index (χ0n) is 16.0. The molecule has 31 heavy (non-hydrogen) atoms. The second-order valence-corrected chi connectivity index (χ2v) is 7.67. The standard InChI is InChI=1S/C18H13Cl2N7O4/c1-7(2)9-6-12(22-17-13(9)24-26-31-17)30-14-10(19)4-8(5-11(14)20)27-18(29)23-16(28)15(21-3)25-27/h4-7,13,17H,1-2H3,(H,23,28,29). The van der Waals surface area contributed by atoms with E-state index < -0.39 is 23.3 Å². The Morgan fingerprint density at radius 1 is 1.29 bits per heavy atom. The van der Waals surface area contributed by atoms with Gasteiger partial charge in [0.05, 0.1) is 15.7 Å². The van der Waals surface area contributed by atoms with Gasteiger partial charge in [0.25, 0.3) is 5.56 Å². The van der Waals surface area contributed by atoms with Crippen molar-refractivity contribution in [2.45, 2.75) is 26.1 Å². The molecule has 0 saturated heterocycles. The Balaban J connectivity index is 1.71. The molecule has 0 fully saturated rings. The maximum atomic E-state index is 12.1. The maximum Gasteiger partial charge on any atom is 0.365 e. The molecule has 1 aromatic carbocycles. The van der Waals surface area contributed by atoms with Crippen LogP contribution >= 0.6 is 23.2 Å². The number of nitrogens with one attached hydrogen (secondary N) is 1. The summed E-state index contributed by atoms with van der Waals surface area (Å²) in [4.78, 5) is 38.2. The van der Waals surface area contributed by atoms with Gasteiger partial charge >= 0.3 is 11.5 Å². The third-order valence-corrected chi connectivity index (χ3v) is 5.06. The summed E-state index contributed by atoms with van der Waals surface area (Å²) in [7, 11) is 0. The van der Waals surface area contributed by atoms with E-state index in [9.17, 15) is 9.59 Å². The van der Waals surface area contributed by atoms with Crippen LogP contribution in [0.5, 0.6) is 5.75 Å². The van der Waals surface area contributed by atoms with Crippen molar-refractivity contribution in [2.24, 2.45) is 21.3 Å². The molecule has 11 nitrogen and oxygen atoms in total. The normalized spacial score (nSPS) is 19.4. The fraction of sp³-hybridized carbons (Fsp3) is 0.278. The monoisotopic (exact) mass is 461 g/mol. The van der Waals surface area contributed by atoms with Crippen LogP contribution in [-0.2, 0) is 4.84 Å². The highest BCUT2D eigenvalue weighted by Gasteiger charge is 2.36. The van der Waals surface area contributed by atoms with Crippen LogP contribution in [0, 0.1) is 12.5 Å². The van der Waals surface area contributed by atoms with Gasteiger partial charge in [-0.3, -0.25) is 9.78 Å². The topological polar surface area (TPSA) is 128 Å². The number of nitrogens with zero attached hydrogens (tertiary/aromatic N) is 6. The van der Waals surface area contributed by atoms with Crippen molar-refractivity contribution in [3.8, 4) is 11.4 Å². The highest BCUT2D eigenvalue weighted by atomic mass is 35.5. The van der Waals surface area contributed by atoms with Crippen LogP contribution in [0.25, 0.3) is 10.5 Å². The van der Waals surface area contributed by atoms with Gasteiger partial charge in [-0.1, -0.05) is 43.6 Å². The molecule has 2 aliphatic heterocycles. The van der Waals surface area contributed by atoms with E-state index in [2.05, 4.69) is 25.3 Å². The largest absolute Gasteiger partial charge is 0.436 e. The first-order valence-corrected chi connectivity index (χ1v) is 9.67. The summed E-state index contributed by atoms with van der Waals surface area (Å²) in [6, 6.07) is 2.41. The molecule has 3 heterocycles. The molecule has 2 aromatic rings. The Morgan fingerprint density at radius 2 is 2.00 bits per heavy atom. The zero-order chi connectivity index (χ0) is 22.3. The SMILES string of the molecule is [C-]#[N+]c1nn(-c2cc(Cl)c(OC3=NC4ON=NC4C(C(C)C)=C3)c(Cl)c2)c(=O)[nH]c1=O. The molecule has 0 spiro atoms. The summed E-state index contributed by atoms with van der Waals surface area (Å²) >= 11 is 12.7. The molecule has 0 saturated carbocycles. The average molecular weight is 462 g/mol. The first-order chi connectivity index (χ1) is 14.8. The second-order valence-electron chi connectivity index (χ2n) is 6.85. The third-order valence-electron chi connectivity index (χ3n) is 4.50. The number of aromatic nitrogens is 3. The highest BCUT2D eigenvalue weighted by Crippen LogP contribution is 2.37. The number of hydrogen-bond donors (Lipinski definition) is 1. The fourth-order valence-electron chi connectivity index (χ4n) is 3.03. The molecular weight excluding hydrogens is 449 g/mol. The van der Waals surface area contributed by atoms with Crippen LogP contribution < -0.4 is 16.0 Å². The van der Waals surface area contributed by atoms with Crippen LogP contribution in [0.2, 0.25) is 10.0 Å². The van der Waals surface area contributed by atoms with Crippen molar-refractivity contribution in [3.63, 3.8) is 0 Å². The van der Waals surface area contributed by atoms with Gasteiger partial charge in [0.15, 0.2) is 11.8 Å². The summed E-state index contributed by atoms with van der Waals surface area (Å²) < 4.78 is 6.63. The fourth-order valence-corrected chi connectivity index (χ4v) is 3.58. The van der Waals surface area contributed by atoms with Crippen LogP contribution in [0.3, 0.4) is 0 Å². The van der Waals surface area contributed by atoms with Gasteiger partial charge < -0.3 is 14.4 Å². The summed E-state index contributed by atoms with van der Waals surface area (Å²) in [5.41, 5.74) is -0.677. The second kappa shape index (κ2) is 7.98. The molecule has 1 aromatic heterocycles. The van der Waals surface area contributed by atoms with E-state index in [1.807, 2.05) is 18.8 Å². The van der Waals surface area contributed by atoms with Gasteiger partial charge in [0, 0.05) is 11.4 Å². The van der Waals surface area contributed by atoms with Gasteiger partial charge in [-0.05, 0) is 28.7 Å². The van der Waals surface area contributed by atoms with Crippen molar-refractivity contribution in [1.29, 1.82) is 0 Å². The lowest BCUT2D eigenvalue weighted by Crippen LogP contribution is -2.31. The minimum Gasteiger partial charge on any atom is -0.436 e. The van der Waals surface area contributed by atoms with Crippen molar-refractivity contribution in [3.05, 3.63) is 66.1 Å². The number of rotatable bonds is 3. The van der Waals surface area contributed by atoms with Crippen molar-refractivity contribution in [2.75, 3.05) is 0 Å². The van der Waals surface area contributed by atoms with E-state index >= 15 is 0 Å². The molecule has 0 radical (unpaired) electrons. The molecule has 158 valence electrons. The van der Waals surface area contributed by atoms with E-state index in [4.69, 9.17) is 39.3 Å². The van der Waals surface area contributed by atoms with Gasteiger partial charge in [-0.2, -0.15) is 0 Å². The summed E-state index contributed by atoms with van der Waals surface area (Å²) in [6.07, 6.45) is 1.10. The van der Waals surface area contributed by atoms with E-state index in [0.717, 1.165) is 10.3 Å². The molecule has 2 unspecified atom stereocenters. The lowest BCUT2D eigenvalue weighted by Gasteiger charge is -2.23. The Morgan fingerprint density at radius 3 is 2.65 bits per heavy atom. The number of hydrogen-bond acceptors (Lipinski definition) is 8. The van der Waals surface area contributed by atoms with Gasteiger partial charge in [-0.15, -0.1) is 9.80 Å². The number of H-pyrrole nitrogens is 1. The van der Waals surface area contributed by atoms with Crippen LogP contribution in [0.1, 0.15) is 13.8 Å². The number of halogens is 2. The minimum atomic E-state index is -0.887. The lowest BCUT2D eigenvalue weighted by atomic mass is 9.93. The average Bonchev–Trinajstić information content (AvgIpc) is 3.18. The van der Waals surface area contributed by atoms with Crippen LogP contribution in [0.15, 0.2) is 48.8 Å². The number of fused-ring (bicyclic) bond motifs is 1. The van der Waals surface area contributed by atoms with Crippen molar-refractivity contribution < 1.29 is 9.57 Å². The third kappa shape index (κ3) is 3.83. The first kappa shape index (κ1) is 20.8. The smallest absolute Gasteiger partial charge is 0.365 e. The van der Waals surface area contributed by atoms with Crippen LogP contribution in [-0.4, -0.2) is 32.9 Å². The maximum absolute atomic E-state index is 12.1. The summed E-state index contributed by atoms with van der Waals surface area (Å²) in [5, 5.41) is 11.5. The highest BCUT2D eigenvalue weighted by molar-refractivity contribution is 6.37. The summed E-state index contributed by atoms with van der Waals surface area (Å²) in [5.74, 6) is -0.0516. The van der Waals surface area contributed by atoms with Crippen molar-refractivity contribution >= 4 is 34.9 Å². The predicted molar refractivity (Wildman–Crippen MR) is 111 cm³/mol. The summed E-state index contributed by atoms with van der Waals surface area (Å²) in [6.45, 7) is 11.0. The van der Waals surface area contributed by atoms with Gasteiger partial charge in [0.1, 0.15) is 0 Å². The Labute approximate surface area is 184 Å². The molecule has 0 amide bonds. The van der Waals surface area contributed by atoms with E-state index in [-0.39, 0.29) is 39.3 Å². The first-order valence-electron chi connectivity index (χ1n) is 8.92. The van der Waals surface area contributed by atoms with Gasteiger partial charge in [-0.25, -0.2) is 9.79 Å². The van der Waals surface area contributed by atoms with Gasteiger partial charge in [0.2, 0.25) is 12.1 Å². The minimum absolute atomic E-state index is 0.0535. The van der Waals surface area contributed by atoms with E-state index in [1.54, 1.807) is 6.08 Å². The molecule has 4 rings (SSSR count). The molecular formula is C18H13Cl2N7O4. The van der Waals surface area contributed by atoms with Crippen LogP contribution in [0.4, 0.5) is 5.82 Å². The Kier molecular flexibility index (Phi) is 5.34. The number of benzene rings is 1. The van der Waals surface area contributed by atoms with E-state index in [1.165, 1.54) is 12.1 Å². The Hall–Kier alpha value is -3.49. The quantitative estimate of drug-likeness (QED) is 0.701.